The zero-order chi connectivity index (χ0) is 16.4. The van der Waals surface area contributed by atoms with Gasteiger partial charge in [0.25, 0.3) is 0 Å². The molecule has 118 valence electrons. The van der Waals surface area contributed by atoms with Crippen LogP contribution in [0.5, 0.6) is 11.5 Å². The summed E-state index contributed by atoms with van der Waals surface area (Å²) in [6.45, 7) is 0.353. The van der Waals surface area contributed by atoms with Crippen LogP contribution in [0.2, 0.25) is 0 Å². The topological polar surface area (TPSA) is 49.9 Å². The Balaban J connectivity index is 1.74. The smallest absolute Gasteiger partial charge is 0.330 e. The maximum Gasteiger partial charge on any atom is 0.330 e. The number of hydrogen-bond donors (Lipinski definition) is 0. The standard InChI is InChI=1S/C17H15FN2O3/c1-19-16(21)9-10-20(17(19)22)13-5-7-14(8-6-13)23-15-4-2-3-12(18)11-15/h2-8,11H,9-10H2,1H3. The van der Waals surface area contributed by atoms with Gasteiger partial charge in [0.15, 0.2) is 0 Å². The highest BCUT2D eigenvalue weighted by Crippen LogP contribution is 2.26. The number of nitrogens with zero attached hydrogens (tertiary/aromatic N) is 2. The molecule has 1 aliphatic rings. The van der Waals surface area contributed by atoms with Gasteiger partial charge in [0, 0.05) is 31.8 Å². The number of carbonyl (C=O) groups excluding carboxylic acids is 2. The van der Waals surface area contributed by atoms with Crippen LogP contribution in [-0.2, 0) is 4.79 Å². The van der Waals surface area contributed by atoms with Crippen LogP contribution in [0.3, 0.4) is 0 Å². The number of rotatable bonds is 3. The van der Waals surface area contributed by atoms with Crippen molar-refractivity contribution in [1.29, 1.82) is 0 Å². The fraction of sp³-hybridized carbons (Fsp3) is 0.176. The second-order valence-electron chi connectivity index (χ2n) is 5.19. The van der Waals surface area contributed by atoms with E-state index in [1.165, 1.54) is 24.1 Å². The van der Waals surface area contributed by atoms with Gasteiger partial charge in [0.05, 0.1) is 0 Å². The molecule has 23 heavy (non-hydrogen) atoms. The minimum absolute atomic E-state index is 0.183. The molecule has 1 aliphatic heterocycles. The number of amides is 3. The van der Waals surface area contributed by atoms with E-state index in [2.05, 4.69) is 0 Å². The lowest BCUT2D eigenvalue weighted by Gasteiger charge is -2.31. The maximum absolute atomic E-state index is 13.1. The largest absolute Gasteiger partial charge is 0.457 e. The van der Waals surface area contributed by atoms with E-state index in [1.54, 1.807) is 36.4 Å². The summed E-state index contributed by atoms with van der Waals surface area (Å²) in [6.07, 6.45) is 0.295. The summed E-state index contributed by atoms with van der Waals surface area (Å²) in [4.78, 5) is 26.2. The number of urea groups is 1. The molecule has 1 saturated heterocycles. The van der Waals surface area contributed by atoms with Crippen molar-refractivity contribution >= 4 is 17.6 Å². The van der Waals surface area contributed by atoms with Crippen molar-refractivity contribution in [1.82, 2.24) is 4.90 Å². The van der Waals surface area contributed by atoms with Gasteiger partial charge in [-0.25, -0.2) is 9.18 Å². The first-order chi connectivity index (χ1) is 11.0. The predicted octanol–water partition coefficient (Wildman–Crippen LogP) is 3.41. The Labute approximate surface area is 132 Å². The van der Waals surface area contributed by atoms with Gasteiger partial charge in [0.2, 0.25) is 5.91 Å². The Hall–Kier alpha value is -2.89. The molecule has 0 unspecified atom stereocenters. The van der Waals surface area contributed by atoms with Crippen molar-refractivity contribution in [2.24, 2.45) is 0 Å². The third kappa shape index (κ3) is 3.15. The highest BCUT2D eigenvalue weighted by Gasteiger charge is 2.29. The number of imide groups is 1. The number of benzene rings is 2. The van der Waals surface area contributed by atoms with Crippen molar-refractivity contribution in [3.8, 4) is 11.5 Å². The first kappa shape index (κ1) is 15.0. The molecule has 0 aliphatic carbocycles. The van der Waals surface area contributed by atoms with Gasteiger partial charge in [-0.05, 0) is 36.4 Å². The molecule has 0 saturated carbocycles. The third-order valence-corrected chi connectivity index (χ3v) is 3.62. The third-order valence-electron chi connectivity index (χ3n) is 3.62. The van der Waals surface area contributed by atoms with Gasteiger partial charge in [-0.2, -0.15) is 0 Å². The molecule has 0 atom stereocenters. The van der Waals surface area contributed by atoms with Crippen molar-refractivity contribution in [3.05, 3.63) is 54.3 Å². The molecule has 0 aromatic heterocycles. The summed E-state index contributed by atoms with van der Waals surface area (Å²) < 4.78 is 18.7. The SMILES string of the molecule is CN1C(=O)CCN(c2ccc(Oc3cccc(F)c3)cc2)C1=O. The highest BCUT2D eigenvalue weighted by molar-refractivity contribution is 6.05. The summed E-state index contributed by atoms with van der Waals surface area (Å²) in [6, 6.07) is 12.4. The number of hydrogen-bond acceptors (Lipinski definition) is 3. The van der Waals surface area contributed by atoms with Crippen molar-refractivity contribution in [3.63, 3.8) is 0 Å². The minimum atomic E-state index is -0.370. The lowest BCUT2D eigenvalue weighted by Crippen LogP contribution is -2.50. The van der Waals surface area contributed by atoms with Crippen LogP contribution in [-0.4, -0.2) is 30.4 Å². The van der Waals surface area contributed by atoms with Gasteiger partial charge in [-0.15, -0.1) is 0 Å². The van der Waals surface area contributed by atoms with E-state index in [9.17, 15) is 14.0 Å². The van der Waals surface area contributed by atoms with Crippen molar-refractivity contribution in [2.75, 3.05) is 18.5 Å². The van der Waals surface area contributed by atoms with Crippen LogP contribution < -0.4 is 9.64 Å². The fourth-order valence-corrected chi connectivity index (χ4v) is 2.36. The number of halogens is 1. The van der Waals surface area contributed by atoms with Crippen LogP contribution in [0, 0.1) is 5.82 Å². The predicted molar refractivity (Wildman–Crippen MR) is 83.0 cm³/mol. The van der Waals surface area contributed by atoms with Crippen LogP contribution in [0.4, 0.5) is 14.9 Å². The van der Waals surface area contributed by atoms with E-state index in [0.717, 1.165) is 4.90 Å². The molecule has 6 heteroatoms. The monoisotopic (exact) mass is 314 g/mol. The molecular formula is C17H15FN2O3. The first-order valence-corrected chi connectivity index (χ1v) is 7.16. The Bertz CT molecular complexity index is 746. The molecule has 0 bridgehead atoms. The molecule has 1 fully saturated rings. The quantitative estimate of drug-likeness (QED) is 0.872. The highest BCUT2D eigenvalue weighted by atomic mass is 19.1. The van der Waals surface area contributed by atoms with E-state index in [1.807, 2.05) is 0 Å². The van der Waals surface area contributed by atoms with Crippen molar-refractivity contribution in [2.45, 2.75) is 6.42 Å². The first-order valence-electron chi connectivity index (χ1n) is 7.16. The van der Waals surface area contributed by atoms with E-state index >= 15 is 0 Å². The van der Waals surface area contributed by atoms with E-state index in [-0.39, 0.29) is 17.8 Å². The van der Waals surface area contributed by atoms with Gasteiger partial charge >= 0.3 is 6.03 Å². The van der Waals surface area contributed by atoms with Gasteiger partial charge < -0.3 is 4.74 Å². The van der Waals surface area contributed by atoms with Crippen molar-refractivity contribution < 1.29 is 18.7 Å². The fourth-order valence-electron chi connectivity index (χ4n) is 2.36. The minimum Gasteiger partial charge on any atom is -0.457 e. The molecule has 5 nitrogen and oxygen atoms in total. The van der Waals surface area contributed by atoms with E-state index in [0.29, 0.717) is 30.2 Å². The number of anilines is 1. The van der Waals surface area contributed by atoms with E-state index < -0.39 is 0 Å². The maximum atomic E-state index is 13.1. The normalized spacial score (nSPS) is 15.0. The molecular weight excluding hydrogens is 299 g/mol. The second-order valence-corrected chi connectivity index (χ2v) is 5.19. The molecule has 0 radical (unpaired) electrons. The Kier molecular flexibility index (Phi) is 3.97. The Morgan fingerprint density at radius 1 is 1.04 bits per heavy atom. The summed E-state index contributed by atoms with van der Waals surface area (Å²) in [5.41, 5.74) is 0.681. The summed E-state index contributed by atoms with van der Waals surface area (Å²) in [5.74, 6) is 0.383. The molecule has 3 amide bonds. The zero-order valence-electron chi connectivity index (χ0n) is 12.5. The molecule has 0 spiro atoms. The summed E-state index contributed by atoms with van der Waals surface area (Å²) in [5, 5.41) is 0. The summed E-state index contributed by atoms with van der Waals surface area (Å²) >= 11 is 0. The molecule has 0 N–H and O–H groups in total. The average molecular weight is 314 g/mol. The van der Waals surface area contributed by atoms with E-state index in [4.69, 9.17) is 4.74 Å². The molecule has 2 aromatic carbocycles. The molecule has 1 heterocycles. The Morgan fingerprint density at radius 3 is 2.48 bits per heavy atom. The van der Waals surface area contributed by atoms with Gasteiger partial charge in [-0.3, -0.25) is 14.6 Å². The lowest BCUT2D eigenvalue weighted by molar-refractivity contribution is -0.127. The second kappa shape index (κ2) is 6.08. The lowest BCUT2D eigenvalue weighted by atomic mass is 10.2. The average Bonchev–Trinajstić information content (AvgIpc) is 2.54. The van der Waals surface area contributed by atoms with Crippen LogP contribution >= 0.6 is 0 Å². The van der Waals surface area contributed by atoms with Crippen LogP contribution in [0.15, 0.2) is 48.5 Å². The number of ether oxygens (including phenoxy) is 1. The van der Waals surface area contributed by atoms with Gasteiger partial charge in [0.1, 0.15) is 17.3 Å². The zero-order valence-corrected chi connectivity index (χ0v) is 12.5. The molecule has 3 rings (SSSR count). The Morgan fingerprint density at radius 2 is 1.78 bits per heavy atom. The number of carbonyl (C=O) groups is 2. The summed E-state index contributed by atoms with van der Waals surface area (Å²) in [7, 11) is 1.47. The van der Waals surface area contributed by atoms with Crippen LogP contribution in [0.1, 0.15) is 6.42 Å². The van der Waals surface area contributed by atoms with Gasteiger partial charge in [-0.1, -0.05) is 6.07 Å². The van der Waals surface area contributed by atoms with Crippen LogP contribution in [0.25, 0.3) is 0 Å². The molecule has 2 aromatic rings.